The molecule has 61 heavy (non-hydrogen) atoms. The van der Waals surface area contributed by atoms with Crippen LogP contribution in [0.25, 0.3) is 0 Å². The van der Waals surface area contributed by atoms with Crippen molar-refractivity contribution in [1.29, 1.82) is 0 Å². The monoisotopic (exact) mass is 885 g/mol. The van der Waals surface area contributed by atoms with Crippen LogP contribution < -0.4 is 0 Å². The first-order valence-corrected chi connectivity index (χ1v) is 26.4. The summed E-state index contributed by atoms with van der Waals surface area (Å²) in [7, 11) is -4.62. The average Bonchev–Trinajstić information content (AvgIpc) is 3.25. The van der Waals surface area contributed by atoms with Crippen molar-refractivity contribution in [2.24, 2.45) is 0 Å². The van der Waals surface area contributed by atoms with Gasteiger partial charge in [-0.15, -0.1) is 0 Å². The van der Waals surface area contributed by atoms with Crippen LogP contribution in [0.15, 0.2) is 36.5 Å². The largest absolute Gasteiger partial charge is 0.472 e. The summed E-state index contributed by atoms with van der Waals surface area (Å²) in [4.78, 5) is 35.1. The summed E-state index contributed by atoms with van der Waals surface area (Å²) in [6.07, 6.45) is 49.8. The van der Waals surface area contributed by atoms with Gasteiger partial charge < -0.3 is 24.6 Å². The molecule has 3 N–H and O–H groups in total. The Morgan fingerprint density at radius 2 is 0.902 bits per heavy atom. The normalized spacial score (nSPS) is 14.0. The van der Waals surface area contributed by atoms with Crippen LogP contribution in [0.5, 0.6) is 0 Å². The minimum atomic E-state index is -4.62. The van der Waals surface area contributed by atoms with E-state index in [1.807, 2.05) is 0 Å². The molecule has 10 nitrogen and oxygen atoms in total. The van der Waals surface area contributed by atoms with Gasteiger partial charge in [-0.2, -0.15) is 0 Å². The standard InChI is InChI=1S/C50H93O10P/c1-3-5-7-9-11-13-15-17-19-20-21-22-23-24-25-26-28-29-31-33-35-37-39-41-49(53)57-45-48(46-59-61(55,56)58-44-47(52)43-51)60-50(54)42-40-38-36-34-32-30-27-18-16-14-12-10-8-6-4-2/h6,8,12,14,18,27,47-48,51-52H,3-5,7,9-11,13,15-17,19-26,28-46H2,1-2H3,(H,55,56)/b8-6-,14-12-,27-18-. The molecule has 0 radical (unpaired) electrons. The van der Waals surface area contributed by atoms with Gasteiger partial charge >= 0.3 is 19.8 Å². The number of unbranched alkanes of at least 4 members (excludes halogenated alkanes) is 27. The summed E-state index contributed by atoms with van der Waals surface area (Å²) in [5.74, 6) is -0.935. The van der Waals surface area contributed by atoms with Crippen LogP contribution in [0.4, 0.5) is 0 Å². The van der Waals surface area contributed by atoms with E-state index in [9.17, 15) is 24.2 Å². The molecule has 0 fully saturated rings. The molecule has 3 unspecified atom stereocenters. The van der Waals surface area contributed by atoms with Gasteiger partial charge in [0.2, 0.25) is 0 Å². The zero-order valence-corrected chi connectivity index (χ0v) is 40.0. The molecule has 0 rings (SSSR count). The Morgan fingerprint density at radius 1 is 0.508 bits per heavy atom. The maximum absolute atomic E-state index is 12.6. The number of phosphoric ester groups is 1. The molecule has 0 aromatic carbocycles. The summed E-state index contributed by atoms with van der Waals surface area (Å²) in [6, 6.07) is 0. The lowest BCUT2D eigenvalue weighted by Crippen LogP contribution is -2.29. The van der Waals surface area contributed by atoms with Crippen molar-refractivity contribution in [3.8, 4) is 0 Å². The van der Waals surface area contributed by atoms with Gasteiger partial charge in [0.05, 0.1) is 19.8 Å². The van der Waals surface area contributed by atoms with E-state index in [1.54, 1.807) is 0 Å². The Morgan fingerprint density at radius 3 is 1.36 bits per heavy atom. The number of carbonyl (C=O) groups is 2. The number of aliphatic hydroxyl groups excluding tert-OH is 2. The van der Waals surface area contributed by atoms with Crippen LogP contribution >= 0.6 is 7.82 Å². The van der Waals surface area contributed by atoms with E-state index >= 15 is 0 Å². The van der Waals surface area contributed by atoms with Crippen LogP contribution in [0, 0.1) is 0 Å². The maximum Gasteiger partial charge on any atom is 0.472 e. The molecular weight excluding hydrogens is 792 g/mol. The number of hydrogen-bond acceptors (Lipinski definition) is 9. The van der Waals surface area contributed by atoms with Crippen molar-refractivity contribution in [2.45, 2.75) is 244 Å². The van der Waals surface area contributed by atoms with Crippen molar-refractivity contribution < 1.29 is 47.8 Å². The molecule has 0 amide bonds. The van der Waals surface area contributed by atoms with Crippen LogP contribution in [0.1, 0.15) is 232 Å². The molecule has 0 aliphatic rings. The molecule has 0 aliphatic carbocycles. The quantitative estimate of drug-likeness (QED) is 0.0233. The first kappa shape index (κ1) is 59.2. The molecule has 0 aromatic heterocycles. The van der Waals surface area contributed by atoms with Crippen molar-refractivity contribution in [3.63, 3.8) is 0 Å². The number of carbonyl (C=O) groups excluding carboxylic acids is 2. The lowest BCUT2D eigenvalue weighted by Gasteiger charge is -2.20. The van der Waals surface area contributed by atoms with E-state index in [2.05, 4.69) is 50.3 Å². The van der Waals surface area contributed by atoms with Crippen molar-refractivity contribution in [2.75, 3.05) is 26.4 Å². The Hall–Kier alpha value is -1.81. The van der Waals surface area contributed by atoms with Gasteiger partial charge in [-0.1, -0.05) is 211 Å². The highest BCUT2D eigenvalue weighted by Gasteiger charge is 2.27. The zero-order chi connectivity index (χ0) is 44.8. The van der Waals surface area contributed by atoms with Gasteiger partial charge in [-0.05, 0) is 44.9 Å². The van der Waals surface area contributed by atoms with E-state index < -0.39 is 51.8 Å². The minimum Gasteiger partial charge on any atom is -0.462 e. The molecule has 11 heteroatoms. The minimum absolute atomic E-state index is 0.166. The topological polar surface area (TPSA) is 149 Å². The van der Waals surface area contributed by atoms with Crippen LogP contribution in [0.3, 0.4) is 0 Å². The van der Waals surface area contributed by atoms with Crippen LogP contribution in [-0.2, 0) is 32.7 Å². The summed E-state index contributed by atoms with van der Waals surface area (Å²) in [6.45, 7) is 2.28. The van der Waals surface area contributed by atoms with Crippen molar-refractivity contribution in [3.05, 3.63) is 36.5 Å². The second-order valence-corrected chi connectivity index (χ2v) is 18.3. The van der Waals surface area contributed by atoms with E-state index in [0.717, 1.165) is 70.6 Å². The van der Waals surface area contributed by atoms with Gasteiger partial charge in [-0.3, -0.25) is 18.6 Å². The molecule has 3 atom stereocenters. The zero-order valence-electron chi connectivity index (χ0n) is 39.1. The summed E-state index contributed by atoms with van der Waals surface area (Å²) in [5, 5.41) is 18.4. The second kappa shape index (κ2) is 46.2. The predicted octanol–water partition coefficient (Wildman–Crippen LogP) is 13.9. The third kappa shape index (κ3) is 46.0. The third-order valence-electron chi connectivity index (χ3n) is 10.8. The number of aliphatic hydroxyl groups is 2. The van der Waals surface area contributed by atoms with Crippen molar-refractivity contribution >= 4 is 19.8 Å². The fraction of sp³-hybridized carbons (Fsp3) is 0.840. The maximum atomic E-state index is 12.6. The molecule has 0 heterocycles. The van der Waals surface area contributed by atoms with Gasteiger partial charge in [0.25, 0.3) is 0 Å². The first-order valence-electron chi connectivity index (χ1n) is 24.9. The molecule has 0 saturated carbocycles. The number of phosphoric acid groups is 1. The lowest BCUT2D eigenvalue weighted by atomic mass is 10.0. The summed E-state index contributed by atoms with van der Waals surface area (Å²) < 4.78 is 32.8. The molecule has 0 aliphatic heterocycles. The molecule has 0 aromatic rings. The van der Waals surface area contributed by atoms with Gasteiger partial charge in [0, 0.05) is 12.8 Å². The molecule has 358 valence electrons. The Kier molecular flexibility index (Phi) is 44.8. The second-order valence-electron chi connectivity index (χ2n) is 16.8. The first-order chi connectivity index (χ1) is 29.7. The van der Waals surface area contributed by atoms with E-state index in [1.165, 1.54) is 122 Å². The lowest BCUT2D eigenvalue weighted by molar-refractivity contribution is -0.161. The Labute approximate surface area is 373 Å². The van der Waals surface area contributed by atoms with Gasteiger partial charge in [-0.25, -0.2) is 4.57 Å². The fourth-order valence-corrected chi connectivity index (χ4v) is 7.80. The Balaban J connectivity index is 4.13. The SMILES string of the molecule is CC/C=C\C/C=C\C/C=C\CCCCCCCC(=O)OC(COC(=O)CCCCCCCCCCCCCCCCCCCCCCCCC)COP(=O)(O)OCC(O)CO. The molecule has 0 spiro atoms. The third-order valence-corrected chi connectivity index (χ3v) is 11.8. The van der Waals surface area contributed by atoms with Crippen LogP contribution in [-0.4, -0.2) is 65.7 Å². The highest BCUT2D eigenvalue weighted by molar-refractivity contribution is 7.47. The number of rotatable bonds is 47. The van der Waals surface area contributed by atoms with E-state index in [0.29, 0.717) is 12.8 Å². The number of hydrogen-bond donors (Lipinski definition) is 3. The predicted molar refractivity (Wildman–Crippen MR) is 251 cm³/mol. The average molecular weight is 885 g/mol. The highest BCUT2D eigenvalue weighted by Crippen LogP contribution is 2.43. The fourth-order valence-electron chi connectivity index (χ4n) is 7.01. The number of esters is 2. The summed E-state index contributed by atoms with van der Waals surface area (Å²) >= 11 is 0. The molecular formula is C50H93O10P. The smallest absolute Gasteiger partial charge is 0.462 e. The van der Waals surface area contributed by atoms with Gasteiger partial charge in [0.1, 0.15) is 12.7 Å². The van der Waals surface area contributed by atoms with Crippen LogP contribution in [0.2, 0.25) is 0 Å². The summed E-state index contributed by atoms with van der Waals surface area (Å²) in [5.41, 5.74) is 0. The molecule has 0 saturated heterocycles. The van der Waals surface area contributed by atoms with Crippen molar-refractivity contribution in [1.82, 2.24) is 0 Å². The van der Waals surface area contributed by atoms with E-state index in [-0.39, 0.29) is 19.4 Å². The molecule has 0 bridgehead atoms. The van der Waals surface area contributed by atoms with E-state index in [4.69, 9.17) is 23.6 Å². The number of allylic oxidation sites excluding steroid dienone is 6. The van der Waals surface area contributed by atoms with Gasteiger partial charge in [0.15, 0.2) is 6.10 Å². The number of ether oxygens (including phenoxy) is 2. The Bertz CT molecular complexity index is 1110. The highest BCUT2D eigenvalue weighted by atomic mass is 31.2.